The number of rotatable bonds is 8. The lowest BCUT2D eigenvalue weighted by Gasteiger charge is -2.21. The van der Waals surface area contributed by atoms with Crippen LogP contribution in [0.3, 0.4) is 0 Å². The van der Waals surface area contributed by atoms with Crippen LogP contribution in [0.25, 0.3) is 0 Å². The second kappa shape index (κ2) is 8.24. The molecule has 1 aromatic carbocycles. The number of nitrogens with one attached hydrogen (secondary N) is 1. The van der Waals surface area contributed by atoms with Crippen LogP contribution in [0.1, 0.15) is 44.2 Å². The fourth-order valence-electron chi connectivity index (χ4n) is 2.33. The number of benzene rings is 1. The zero-order chi connectivity index (χ0) is 18.4. The van der Waals surface area contributed by atoms with Gasteiger partial charge in [0.25, 0.3) is 0 Å². The Kier molecular flexibility index (Phi) is 6.30. The normalized spacial score (nSPS) is 14.0. The van der Waals surface area contributed by atoms with Crippen molar-refractivity contribution in [3.63, 3.8) is 0 Å². The maximum absolute atomic E-state index is 12.3. The summed E-state index contributed by atoms with van der Waals surface area (Å²) in [6, 6.07) is 9.21. The van der Waals surface area contributed by atoms with Crippen LogP contribution in [-0.4, -0.2) is 30.8 Å². The van der Waals surface area contributed by atoms with Gasteiger partial charge in [0.15, 0.2) is 0 Å². The quantitative estimate of drug-likeness (QED) is 0.770. The van der Waals surface area contributed by atoms with E-state index in [4.69, 9.17) is 4.42 Å². The third kappa shape index (κ3) is 5.38. The van der Waals surface area contributed by atoms with Crippen molar-refractivity contribution in [2.75, 3.05) is 6.26 Å². The average molecular weight is 365 g/mol. The van der Waals surface area contributed by atoms with Crippen molar-refractivity contribution >= 4 is 15.7 Å². The Labute approximate surface area is 147 Å². The number of aromatic nitrogens is 2. The van der Waals surface area contributed by atoms with E-state index in [1.54, 1.807) is 0 Å². The predicted molar refractivity (Wildman–Crippen MR) is 92.5 cm³/mol. The number of hydrogen-bond donors (Lipinski definition) is 1. The Morgan fingerprint density at radius 3 is 2.48 bits per heavy atom. The summed E-state index contributed by atoms with van der Waals surface area (Å²) in [4.78, 5) is 12.3. The molecule has 1 N–H and O–H groups in total. The monoisotopic (exact) mass is 365 g/mol. The highest BCUT2D eigenvalue weighted by molar-refractivity contribution is 7.90. The molecule has 0 aliphatic rings. The van der Waals surface area contributed by atoms with E-state index in [-0.39, 0.29) is 17.7 Å². The lowest BCUT2D eigenvalue weighted by molar-refractivity contribution is -0.122. The van der Waals surface area contributed by atoms with Crippen LogP contribution in [0.5, 0.6) is 0 Å². The molecule has 2 atom stereocenters. The summed E-state index contributed by atoms with van der Waals surface area (Å²) < 4.78 is 28.3. The molecule has 2 rings (SSSR count). The van der Waals surface area contributed by atoms with Crippen molar-refractivity contribution in [2.24, 2.45) is 5.92 Å². The molecule has 0 unspecified atom stereocenters. The number of carbonyl (C=O) groups is 1. The Hall–Kier alpha value is -2.22. The van der Waals surface area contributed by atoms with Crippen molar-refractivity contribution in [3.05, 3.63) is 41.8 Å². The van der Waals surface area contributed by atoms with Crippen molar-refractivity contribution in [2.45, 2.75) is 44.4 Å². The van der Waals surface area contributed by atoms with E-state index < -0.39 is 21.1 Å². The van der Waals surface area contributed by atoms with Crippen LogP contribution >= 0.6 is 0 Å². The van der Waals surface area contributed by atoms with Gasteiger partial charge in [-0.1, -0.05) is 55.7 Å². The molecule has 136 valence electrons. The minimum atomic E-state index is -3.58. The number of carbonyl (C=O) groups excluding carboxylic acids is 1. The van der Waals surface area contributed by atoms with Gasteiger partial charge in [-0.15, -0.1) is 5.10 Å². The molecule has 8 heteroatoms. The molecule has 1 aromatic heterocycles. The van der Waals surface area contributed by atoms with Crippen LogP contribution in [0, 0.1) is 5.92 Å². The van der Waals surface area contributed by atoms with Crippen molar-refractivity contribution in [3.8, 4) is 0 Å². The van der Waals surface area contributed by atoms with Gasteiger partial charge in [-0.05, 0) is 17.9 Å². The minimum Gasteiger partial charge on any atom is -0.410 e. The smallest absolute Gasteiger partial charge is 0.335 e. The van der Waals surface area contributed by atoms with Gasteiger partial charge < -0.3 is 9.73 Å². The predicted octanol–water partition coefficient (Wildman–Crippen LogP) is 2.31. The Balaban J connectivity index is 2.07. The number of sulfone groups is 1. The first-order valence-corrected chi connectivity index (χ1v) is 10.1. The third-order valence-corrected chi connectivity index (χ3v) is 4.82. The van der Waals surface area contributed by atoms with Gasteiger partial charge in [0.2, 0.25) is 21.6 Å². The molecule has 7 nitrogen and oxygen atoms in total. The van der Waals surface area contributed by atoms with E-state index in [2.05, 4.69) is 15.5 Å². The molecule has 1 amide bonds. The van der Waals surface area contributed by atoms with Gasteiger partial charge in [0.1, 0.15) is 6.04 Å². The maximum Gasteiger partial charge on any atom is 0.335 e. The molecule has 1 heterocycles. The van der Waals surface area contributed by atoms with E-state index >= 15 is 0 Å². The topological polar surface area (TPSA) is 102 Å². The van der Waals surface area contributed by atoms with Crippen LogP contribution in [0.2, 0.25) is 0 Å². The molecular weight excluding hydrogens is 342 g/mol. The molecule has 0 aliphatic heterocycles. The molecule has 2 aromatic rings. The fraction of sp³-hybridized carbons (Fsp3) is 0.471. The maximum atomic E-state index is 12.3. The van der Waals surface area contributed by atoms with Crippen LogP contribution < -0.4 is 5.32 Å². The molecule has 0 fully saturated rings. The van der Waals surface area contributed by atoms with E-state index in [1.807, 2.05) is 44.2 Å². The van der Waals surface area contributed by atoms with Gasteiger partial charge in [-0.2, -0.15) is 0 Å². The molecule has 0 aliphatic carbocycles. The summed E-state index contributed by atoms with van der Waals surface area (Å²) in [5.74, 6) is -0.00960. The molecule has 0 bridgehead atoms. The average Bonchev–Trinajstić information content (AvgIpc) is 3.08. The summed E-state index contributed by atoms with van der Waals surface area (Å²) in [5, 5.41) is 9.84. The summed E-state index contributed by atoms with van der Waals surface area (Å²) in [7, 11) is -3.58. The Morgan fingerprint density at radius 1 is 1.24 bits per heavy atom. The highest BCUT2D eigenvalue weighted by Gasteiger charge is 2.27. The van der Waals surface area contributed by atoms with Gasteiger partial charge in [-0.3, -0.25) is 4.79 Å². The summed E-state index contributed by atoms with van der Waals surface area (Å²) >= 11 is 0. The highest BCUT2D eigenvalue weighted by atomic mass is 32.2. The zero-order valence-corrected chi connectivity index (χ0v) is 15.4. The van der Waals surface area contributed by atoms with Gasteiger partial charge in [-0.25, -0.2) is 8.42 Å². The molecular formula is C17H23N3O4S. The summed E-state index contributed by atoms with van der Waals surface area (Å²) in [5.41, 5.74) is 1.08. The van der Waals surface area contributed by atoms with E-state index in [9.17, 15) is 13.2 Å². The van der Waals surface area contributed by atoms with E-state index in [0.717, 1.165) is 18.2 Å². The van der Waals surface area contributed by atoms with Gasteiger partial charge in [0, 0.05) is 12.7 Å². The van der Waals surface area contributed by atoms with Crippen molar-refractivity contribution < 1.29 is 17.6 Å². The molecule has 0 spiro atoms. The van der Waals surface area contributed by atoms with Crippen LogP contribution in [0.4, 0.5) is 0 Å². The minimum absolute atomic E-state index is 0.0218. The number of nitrogens with zero attached hydrogens (tertiary/aromatic N) is 2. The fourth-order valence-corrected chi connectivity index (χ4v) is 2.75. The summed E-state index contributed by atoms with van der Waals surface area (Å²) in [6.45, 7) is 3.91. The van der Waals surface area contributed by atoms with Crippen LogP contribution in [0.15, 0.2) is 40.0 Å². The molecule has 0 radical (unpaired) electrons. The number of hydrogen-bond acceptors (Lipinski definition) is 6. The van der Waals surface area contributed by atoms with Crippen LogP contribution in [-0.2, 0) is 21.1 Å². The van der Waals surface area contributed by atoms with E-state index in [1.165, 1.54) is 0 Å². The van der Waals surface area contributed by atoms with E-state index in [0.29, 0.717) is 12.8 Å². The standard InChI is InChI=1S/C17H23N3O4S/c1-4-12(2)15(16-19-20-17(24-16)25(3,22)23)18-14(21)11-10-13-8-6-5-7-9-13/h5-9,12,15H,4,10-11H2,1-3H3,(H,18,21)/t12-,15+/m1/s1. The van der Waals surface area contributed by atoms with Crippen molar-refractivity contribution in [1.29, 1.82) is 0 Å². The largest absolute Gasteiger partial charge is 0.410 e. The first-order chi connectivity index (χ1) is 11.8. The first-order valence-electron chi connectivity index (χ1n) is 8.18. The summed E-state index contributed by atoms with van der Waals surface area (Å²) in [6.07, 6.45) is 2.71. The lowest BCUT2D eigenvalue weighted by Crippen LogP contribution is -2.32. The third-order valence-electron chi connectivity index (χ3n) is 4.02. The van der Waals surface area contributed by atoms with Gasteiger partial charge in [0.05, 0.1) is 0 Å². The zero-order valence-electron chi connectivity index (χ0n) is 14.6. The number of amides is 1. The Bertz CT molecular complexity index is 802. The first kappa shape index (κ1) is 19.1. The molecule has 0 saturated heterocycles. The SMILES string of the molecule is CC[C@@H](C)[C@H](NC(=O)CCc1ccccc1)c1nnc(S(C)(=O)=O)o1. The number of aryl methyl sites for hydroxylation is 1. The second-order valence-electron chi connectivity index (χ2n) is 6.09. The lowest BCUT2D eigenvalue weighted by atomic mass is 9.98. The molecule has 0 saturated carbocycles. The van der Waals surface area contributed by atoms with Crippen molar-refractivity contribution in [1.82, 2.24) is 15.5 Å². The second-order valence-corrected chi connectivity index (χ2v) is 7.99. The highest BCUT2D eigenvalue weighted by Crippen LogP contribution is 2.24. The molecule has 25 heavy (non-hydrogen) atoms. The Morgan fingerprint density at radius 2 is 1.92 bits per heavy atom. The van der Waals surface area contributed by atoms with Gasteiger partial charge >= 0.3 is 5.22 Å².